The third-order valence-electron chi connectivity index (χ3n) is 5.21. The third kappa shape index (κ3) is 2.74. The molecule has 1 spiro atoms. The maximum atomic E-state index is 13.5. The summed E-state index contributed by atoms with van der Waals surface area (Å²) in [6.45, 7) is 0.693. The van der Waals surface area contributed by atoms with Gasteiger partial charge in [0.1, 0.15) is 29.3 Å². The molecule has 138 valence electrons. The van der Waals surface area contributed by atoms with Crippen LogP contribution in [-0.2, 0) is 17.0 Å². The number of rotatable bonds is 2. The van der Waals surface area contributed by atoms with Crippen LogP contribution in [0.25, 0.3) is 0 Å². The summed E-state index contributed by atoms with van der Waals surface area (Å²) in [7, 11) is 1.77. The van der Waals surface area contributed by atoms with Crippen molar-refractivity contribution in [2.24, 2.45) is 0 Å². The molecule has 0 aromatic carbocycles. The Kier molecular flexibility index (Phi) is 4.34. The van der Waals surface area contributed by atoms with Crippen LogP contribution in [0.15, 0.2) is 23.3 Å². The summed E-state index contributed by atoms with van der Waals surface area (Å²) in [5.41, 5.74) is 6.33. The number of anilines is 3. The molecule has 0 bridgehead atoms. The van der Waals surface area contributed by atoms with Crippen LogP contribution in [0.4, 0.5) is 17.3 Å². The van der Waals surface area contributed by atoms with Crippen molar-refractivity contribution in [3.8, 4) is 0 Å². The molecular formula is C17H21ClN6O2. The maximum Gasteiger partial charge on any atom is 0.276 e. The topological polar surface area (TPSA) is 98.3 Å². The number of hydrogen-bond donors (Lipinski definition) is 2. The predicted molar refractivity (Wildman–Crippen MR) is 99.5 cm³/mol. The summed E-state index contributed by atoms with van der Waals surface area (Å²) in [6.07, 6.45) is 5.22. The number of nitrogen functional groups attached to an aromatic ring is 1. The van der Waals surface area contributed by atoms with Gasteiger partial charge in [0.15, 0.2) is 0 Å². The predicted octanol–water partition coefficient (Wildman–Crippen LogP) is 1.95. The van der Waals surface area contributed by atoms with Crippen molar-refractivity contribution in [3.63, 3.8) is 0 Å². The molecule has 3 heterocycles. The Labute approximate surface area is 155 Å². The van der Waals surface area contributed by atoms with Crippen LogP contribution < -0.4 is 21.5 Å². The first-order valence-corrected chi connectivity index (χ1v) is 8.98. The van der Waals surface area contributed by atoms with Gasteiger partial charge in [0, 0.05) is 13.1 Å². The second kappa shape index (κ2) is 6.53. The number of fused-ring (bicyclic) bond motifs is 2. The number of halogens is 1. The molecule has 0 atom stereocenters. The molecular weight excluding hydrogens is 356 g/mol. The zero-order chi connectivity index (χ0) is 18.3. The highest BCUT2D eigenvalue weighted by Gasteiger charge is 2.40. The minimum absolute atomic E-state index is 0.121. The van der Waals surface area contributed by atoms with E-state index < -0.39 is 5.66 Å². The fraction of sp³-hybridized carbons (Fsp3) is 0.471. The number of nitrogens with two attached hydrogens (primary N) is 1. The zero-order valence-corrected chi connectivity index (χ0v) is 15.3. The van der Waals surface area contributed by atoms with Crippen LogP contribution in [-0.4, -0.2) is 28.3 Å². The van der Waals surface area contributed by atoms with Crippen molar-refractivity contribution >= 4 is 28.9 Å². The minimum atomic E-state index is -0.450. The Bertz CT molecular complexity index is 893. The van der Waals surface area contributed by atoms with Crippen molar-refractivity contribution in [1.29, 1.82) is 0 Å². The number of hydrogen-bond acceptors (Lipinski definition) is 7. The van der Waals surface area contributed by atoms with Gasteiger partial charge in [0.2, 0.25) is 0 Å². The quantitative estimate of drug-likeness (QED) is 0.826. The SMILES string of the molecule is CN(c1cc(N)ncn1)c1cc(Cl)c2n(c1=O)C1(CCCC1)NCOC2. The first-order chi connectivity index (χ1) is 12.5. The average molecular weight is 377 g/mol. The summed E-state index contributed by atoms with van der Waals surface area (Å²) in [5, 5.41) is 3.92. The molecule has 1 aliphatic carbocycles. The van der Waals surface area contributed by atoms with E-state index in [0.717, 1.165) is 25.7 Å². The monoisotopic (exact) mass is 376 g/mol. The number of pyridine rings is 1. The molecule has 9 heteroatoms. The second-order valence-electron chi connectivity index (χ2n) is 6.73. The molecule has 2 aromatic rings. The van der Waals surface area contributed by atoms with Gasteiger partial charge in [-0.2, -0.15) is 0 Å². The van der Waals surface area contributed by atoms with Crippen molar-refractivity contribution in [2.75, 3.05) is 24.4 Å². The normalized spacial score (nSPS) is 18.5. The molecule has 8 nitrogen and oxygen atoms in total. The Morgan fingerprint density at radius 1 is 1.35 bits per heavy atom. The molecule has 2 aliphatic rings. The van der Waals surface area contributed by atoms with Crippen LogP contribution >= 0.6 is 11.6 Å². The molecule has 1 fully saturated rings. The van der Waals surface area contributed by atoms with Gasteiger partial charge in [-0.15, -0.1) is 0 Å². The lowest BCUT2D eigenvalue weighted by atomic mass is 10.1. The van der Waals surface area contributed by atoms with E-state index in [1.165, 1.54) is 6.33 Å². The standard InChI is InChI=1S/C17H21ClN6O2/c1-23(15-7-14(19)20-9-21-15)12-6-11(18)13-8-26-10-22-17(4-2-3-5-17)24(13)16(12)25/h6-7,9,22H,2-5,8,10H2,1H3,(H2,19,20,21). The molecule has 2 aromatic heterocycles. The molecule has 0 radical (unpaired) electrons. The summed E-state index contributed by atoms with van der Waals surface area (Å²) in [5.74, 6) is 0.870. The minimum Gasteiger partial charge on any atom is -0.384 e. The highest BCUT2D eigenvalue weighted by Crippen LogP contribution is 2.38. The van der Waals surface area contributed by atoms with Crippen molar-refractivity contribution in [2.45, 2.75) is 38.0 Å². The molecule has 3 N–H and O–H groups in total. The van der Waals surface area contributed by atoms with Gasteiger partial charge in [0.05, 0.1) is 24.1 Å². The second-order valence-corrected chi connectivity index (χ2v) is 7.14. The lowest BCUT2D eigenvalue weighted by Gasteiger charge is -2.33. The van der Waals surface area contributed by atoms with Gasteiger partial charge >= 0.3 is 0 Å². The van der Waals surface area contributed by atoms with Crippen molar-refractivity contribution < 1.29 is 4.74 Å². The molecule has 4 rings (SSSR count). The Balaban J connectivity index is 1.90. The first-order valence-electron chi connectivity index (χ1n) is 8.61. The molecule has 1 saturated carbocycles. The average Bonchev–Trinajstić information content (AvgIpc) is 3.00. The van der Waals surface area contributed by atoms with E-state index >= 15 is 0 Å². The fourth-order valence-electron chi connectivity index (χ4n) is 3.88. The lowest BCUT2D eigenvalue weighted by Crippen LogP contribution is -2.51. The van der Waals surface area contributed by atoms with E-state index in [2.05, 4.69) is 15.3 Å². The maximum absolute atomic E-state index is 13.5. The van der Waals surface area contributed by atoms with E-state index in [4.69, 9.17) is 22.1 Å². The van der Waals surface area contributed by atoms with Gasteiger partial charge in [-0.3, -0.25) is 14.7 Å². The summed E-state index contributed by atoms with van der Waals surface area (Å²) in [6, 6.07) is 3.29. The van der Waals surface area contributed by atoms with Gasteiger partial charge < -0.3 is 15.4 Å². The first kappa shape index (κ1) is 17.3. The van der Waals surface area contributed by atoms with Crippen LogP contribution in [0.5, 0.6) is 0 Å². The van der Waals surface area contributed by atoms with E-state index in [0.29, 0.717) is 41.4 Å². The fourth-order valence-corrected chi connectivity index (χ4v) is 4.12. The number of nitrogens with one attached hydrogen (secondary N) is 1. The summed E-state index contributed by atoms with van der Waals surface area (Å²) in [4.78, 5) is 23.3. The molecule has 0 saturated heterocycles. The van der Waals surface area contributed by atoms with Crippen LogP contribution in [0.1, 0.15) is 31.4 Å². The Morgan fingerprint density at radius 3 is 2.85 bits per heavy atom. The number of ether oxygens (including phenoxy) is 1. The summed E-state index contributed by atoms with van der Waals surface area (Å²) >= 11 is 6.56. The zero-order valence-electron chi connectivity index (χ0n) is 14.5. The van der Waals surface area contributed by atoms with Crippen LogP contribution in [0.3, 0.4) is 0 Å². The highest BCUT2D eigenvalue weighted by molar-refractivity contribution is 6.31. The Hall–Kier alpha value is -2.16. The van der Waals surface area contributed by atoms with Gasteiger partial charge in [-0.1, -0.05) is 11.6 Å². The molecule has 1 aliphatic heterocycles. The smallest absolute Gasteiger partial charge is 0.276 e. The molecule has 0 unspecified atom stereocenters. The highest BCUT2D eigenvalue weighted by atomic mass is 35.5. The van der Waals surface area contributed by atoms with Crippen LogP contribution in [0, 0.1) is 0 Å². The third-order valence-corrected chi connectivity index (χ3v) is 5.54. The largest absolute Gasteiger partial charge is 0.384 e. The van der Waals surface area contributed by atoms with Crippen molar-refractivity contribution in [3.05, 3.63) is 39.5 Å². The van der Waals surface area contributed by atoms with Crippen molar-refractivity contribution in [1.82, 2.24) is 19.9 Å². The van der Waals surface area contributed by atoms with E-state index in [9.17, 15) is 4.79 Å². The number of aromatic nitrogens is 3. The van der Waals surface area contributed by atoms with Crippen LogP contribution in [0.2, 0.25) is 5.02 Å². The van der Waals surface area contributed by atoms with E-state index in [1.54, 1.807) is 28.6 Å². The van der Waals surface area contributed by atoms with E-state index in [1.807, 2.05) is 0 Å². The van der Waals surface area contributed by atoms with Gasteiger partial charge in [0.25, 0.3) is 5.56 Å². The molecule has 0 amide bonds. The molecule has 26 heavy (non-hydrogen) atoms. The Morgan fingerprint density at radius 2 is 2.12 bits per heavy atom. The summed E-state index contributed by atoms with van der Waals surface area (Å²) < 4.78 is 7.44. The van der Waals surface area contributed by atoms with Gasteiger partial charge in [-0.05, 0) is 31.7 Å². The van der Waals surface area contributed by atoms with Gasteiger partial charge in [-0.25, -0.2) is 9.97 Å². The van der Waals surface area contributed by atoms with E-state index in [-0.39, 0.29) is 5.56 Å². The number of nitrogens with zero attached hydrogens (tertiary/aromatic N) is 4. The lowest BCUT2D eigenvalue weighted by molar-refractivity contribution is 0.0845.